The SMILES string of the molecule is CCN(CCCN1CCN(c2cccc(Cl)c2)CC1)Cc1cc(-c2ccc(C=Cc3ccccc3)cc2)no1. The minimum atomic E-state index is 0.782. The van der Waals surface area contributed by atoms with Gasteiger partial charge in [0.25, 0.3) is 0 Å². The van der Waals surface area contributed by atoms with Crippen LogP contribution in [0.3, 0.4) is 0 Å². The van der Waals surface area contributed by atoms with Gasteiger partial charge >= 0.3 is 0 Å². The number of halogens is 1. The average molecular weight is 541 g/mol. The first-order chi connectivity index (χ1) is 19.2. The number of piperazine rings is 1. The number of aromatic nitrogens is 1. The van der Waals surface area contributed by atoms with Gasteiger partial charge in [0.05, 0.1) is 6.54 Å². The molecule has 6 heteroatoms. The summed E-state index contributed by atoms with van der Waals surface area (Å²) >= 11 is 6.17. The number of benzene rings is 3. The van der Waals surface area contributed by atoms with Crippen molar-refractivity contribution in [2.24, 2.45) is 0 Å². The molecule has 0 bridgehead atoms. The zero-order valence-electron chi connectivity index (χ0n) is 22.7. The highest BCUT2D eigenvalue weighted by Gasteiger charge is 2.18. The van der Waals surface area contributed by atoms with Gasteiger partial charge in [-0.15, -0.1) is 0 Å². The van der Waals surface area contributed by atoms with Crippen molar-refractivity contribution in [3.63, 3.8) is 0 Å². The molecule has 39 heavy (non-hydrogen) atoms. The van der Waals surface area contributed by atoms with Crippen molar-refractivity contribution in [3.8, 4) is 11.3 Å². The molecule has 0 N–H and O–H groups in total. The second kappa shape index (κ2) is 13.6. The van der Waals surface area contributed by atoms with E-state index in [1.54, 1.807) is 0 Å². The average Bonchev–Trinajstić information content (AvgIpc) is 3.45. The maximum Gasteiger partial charge on any atom is 0.151 e. The maximum absolute atomic E-state index is 6.17. The van der Waals surface area contributed by atoms with E-state index in [-0.39, 0.29) is 0 Å². The molecule has 0 saturated carbocycles. The third-order valence-electron chi connectivity index (χ3n) is 7.35. The highest BCUT2D eigenvalue weighted by molar-refractivity contribution is 6.30. The Hall–Kier alpha value is -3.38. The summed E-state index contributed by atoms with van der Waals surface area (Å²) in [6.45, 7) is 10.4. The monoisotopic (exact) mass is 540 g/mol. The standard InChI is InChI=1S/C33H37ClN4O/c1-2-36(18-7-19-37-20-22-38(23-21-37)31-11-6-10-30(34)24-31)26-32-25-33(35-39-32)29-16-14-28(15-17-29)13-12-27-8-4-3-5-9-27/h3-6,8-17,24-25H,2,7,18-23,26H2,1H3. The van der Waals surface area contributed by atoms with Crippen molar-refractivity contribution < 1.29 is 4.52 Å². The van der Waals surface area contributed by atoms with E-state index in [0.29, 0.717) is 0 Å². The van der Waals surface area contributed by atoms with Crippen molar-refractivity contribution in [1.82, 2.24) is 15.0 Å². The van der Waals surface area contributed by atoms with E-state index in [2.05, 4.69) is 106 Å². The number of rotatable bonds is 11. The molecule has 202 valence electrons. The van der Waals surface area contributed by atoms with Crippen LogP contribution < -0.4 is 4.90 Å². The Kier molecular flexibility index (Phi) is 9.49. The summed E-state index contributed by atoms with van der Waals surface area (Å²) in [6, 6.07) is 29.0. The fraction of sp³-hybridized carbons (Fsp3) is 0.303. The van der Waals surface area contributed by atoms with Crippen LogP contribution in [0, 0.1) is 0 Å². The van der Waals surface area contributed by atoms with Crippen LogP contribution >= 0.6 is 11.6 Å². The Morgan fingerprint density at radius 2 is 1.62 bits per heavy atom. The minimum Gasteiger partial charge on any atom is -0.369 e. The molecular weight excluding hydrogens is 504 g/mol. The van der Waals surface area contributed by atoms with Crippen LogP contribution in [0.4, 0.5) is 5.69 Å². The molecule has 1 saturated heterocycles. The van der Waals surface area contributed by atoms with E-state index >= 15 is 0 Å². The molecule has 0 unspecified atom stereocenters. The van der Waals surface area contributed by atoms with E-state index in [1.807, 2.05) is 18.2 Å². The molecule has 4 aromatic rings. The molecule has 0 radical (unpaired) electrons. The lowest BCUT2D eigenvalue weighted by atomic mass is 10.1. The van der Waals surface area contributed by atoms with Gasteiger partial charge in [-0.2, -0.15) is 0 Å². The van der Waals surface area contributed by atoms with E-state index in [4.69, 9.17) is 16.1 Å². The lowest BCUT2D eigenvalue weighted by Crippen LogP contribution is -2.47. The van der Waals surface area contributed by atoms with Gasteiger partial charge in [0.2, 0.25) is 0 Å². The maximum atomic E-state index is 6.17. The molecule has 3 aromatic carbocycles. The van der Waals surface area contributed by atoms with E-state index < -0.39 is 0 Å². The third-order valence-corrected chi connectivity index (χ3v) is 7.59. The van der Waals surface area contributed by atoms with Crippen LogP contribution in [0.5, 0.6) is 0 Å². The summed E-state index contributed by atoms with van der Waals surface area (Å²) in [5.74, 6) is 0.912. The van der Waals surface area contributed by atoms with Gasteiger partial charge in [0, 0.05) is 48.5 Å². The lowest BCUT2D eigenvalue weighted by molar-refractivity contribution is 0.206. The number of hydrogen-bond donors (Lipinski definition) is 0. The van der Waals surface area contributed by atoms with Gasteiger partial charge in [-0.1, -0.05) is 96.5 Å². The van der Waals surface area contributed by atoms with Crippen molar-refractivity contribution in [3.05, 3.63) is 107 Å². The molecule has 5 nitrogen and oxygen atoms in total. The quantitative estimate of drug-likeness (QED) is 0.188. The third kappa shape index (κ3) is 7.82. The molecule has 0 spiro atoms. The normalized spacial score (nSPS) is 14.5. The first-order valence-electron chi connectivity index (χ1n) is 13.9. The Balaban J connectivity index is 1.06. The predicted molar refractivity (Wildman–Crippen MR) is 163 cm³/mol. The summed E-state index contributed by atoms with van der Waals surface area (Å²) in [7, 11) is 0. The summed E-state index contributed by atoms with van der Waals surface area (Å²) < 4.78 is 5.71. The van der Waals surface area contributed by atoms with Gasteiger partial charge < -0.3 is 9.42 Å². The van der Waals surface area contributed by atoms with E-state index in [1.165, 1.54) is 11.3 Å². The molecule has 0 atom stereocenters. The van der Waals surface area contributed by atoms with E-state index in [0.717, 1.165) is 86.4 Å². The second-order valence-corrected chi connectivity index (χ2v) is 10.5. The predicted octanol–water partition coefficient (Wildman–Crippen LogP) is 7.20. The summed E-state index contributed by atoms with van der Waals surface area (Å²) in [6.07, 6.45) is 5.40. The molecule has 0 aliphatic carbocycles. The number of nitrogens with zero attached hydrogens (tertiary/aromatic N) is 4. The zero-order valence-corrected chi connectivity index (χ0v) is 23.4. The molecule has 1 aromatic heterocycles. The first kappa shape index (κ1) is 27.2. The Morgan fingerprint density at radius 1 is 0.872 bits per heavy atom. The van der Waals surface area contributed by atoms with Crippen LogP contribution in [0.25, 0.3) is 23.4 Å². The van der Waals surface area contributed by atoms with Crippen LogP contribution in [-0.4, -0.2) is 60.8 Å². The number of hydrogen-bond acceptors (Lipinski definition) is 5. The molecule has 1 aliphatic heterocycles. The van der Waals surface area contributed by atoms with Crippen LogP contribution in [-0.2, 0) is 6.54 Å². The molecule has 0 amide bonds. The fourth-order valence-electron chi connectivity index (χ4n) is 5.03. The van der Waals surface area contributed by atoms with E-state index in [9.17, 15) is 0 Å². The first-order valence-corrected chi connectivity index (χ1v) is 14.3. The molecular formula is C33H37ClN4O. The second-order valence-electron chi connectivity index (χ2n) is 10.1. The Bertz CT molecular complexity index is 1330. The Morgan fingerprint density at radius 3 is 2.33 bits per heavy atom. The molecule has 1 aliphatic rings. The van der Waals surface area contributed by atoms with Gasteiger partial charge in [-0.25, -0.2) is 0 Å². The van der Waals surface area contributed by atoms with Crippen molar-refractivity contribution in [1.29, 1.82) is 0 Å². The summed E-state index contributed by atoms with van der Waals surface area (Å²) in [5, 5.41) is 5.15. The molecule has 5 rings (SSSR count). The smallest absolute Gasteiger partial charge is 0.151 e. The molecule has 1 fully saturated rings. The highest BCUT2D eigenvalue weighted by Crippen LogP contribution is 2.22. The van der Waals surface area contributed by atoms with Gasteiger partial charge in [-0.05, 0) is 55.4 Å². The largest absolute Gasteiger partial charge is 0.369 e. The van der Waals surface area contributed by atoms with Crippen molar-refractivity contribution in [2.75, 3.05) is 50.7 Å². The van der Waals surface area contributed by atoms with Crippen LogP contribution in [0.2, 0.25) is 5.02 Å². The highest BCUT2D eigenvalue weighted by atomic mass is 35.5. The topological polar surface area (TPSA) is 35.8 Å². The zero-order chi connectivity index (χ0) is 26.9. The summed E-state index contributed by atoms with van der Waals surface area (Å²) in [4.78, 5) is 7.43. The van der Waals surface area contributed by atoms with Gasteiger partial charge in [-0.3, -0.25) is 9.80 Å². The van der Waals surface area contributed by atoms with Crippen molar-refractivity contribution in [2.45, 2.75) is 19.9 Å². The van der Waals surface area contributed by atoms with Gasteiger partial charge in [0.1, 0.15) is 5.69 Å². The van der Waals surface area contributed by atoms with Gasteiger partial charge in [0.15, 0.2) is 5.76 Å². The van der Waals surface area contributed by atoms with Crippen LogP contribution in [0.1, 0.15) is 30.2 Å². The van der Waals surface area contributed by atoms with Crippen molar-refractivity contribution >= 4 is 29.4 Å². The van der Waals surface area contributed by atoms with Crippen LogP contribution in [0.15, 0.2) is 89.5 Å². The number of anilines is 1. The lowest BCUT2D eigenvalue weighted by Gasteiger charge is -2.36. The minimum absolute atomic E-state index is 0.782. The fourth-order valence-corrected chi connectivity index (χ4v) is 5.22. The summed E-state index contributed by atoms with van der Waals surface area (Å²) in [5.41, 5.74) is 5.54. The molecule has 2 heterocycles. The Labute approximate surface area is 237 Å².